The Morgan fingerprint density at radius 2 is 1.63 bits per heavy atom. The molecule has 0 radical (unpaired) electrons. The number of hydrogen-bond donors (Lipinski definition) is 0. The summed E-state index contributed by atoms with van der Waals surface area (Å²) in [6, 6.07) is 18.2. The van der Waals surface area contributed by atoms with Gasteiger partial charge in [0.15, 0.2) is 9.84 Å². The maximum absolute atomic E-state index is 11.9. The van der Waals surface area contributed by atoms with Crippen molar-refractivity contribution in [3.05, 3.63) is 88.7 Å². The summed E-state index contributed by atoms with van der Waals surface area (Å²) in [5.41, 5.74) is 4.25. The molecule has 0 amide bonds. The Morgan fingerprint density at radius 1 is 0.900 bits per heavy atom. The van der Waals surface area contributed by atoms with Crippen molar-refractivity contribution in [3.8, 4) is 28.2 Å². The second-order valence-electron chi connectivity index (χ2n) is 7.00. The molecule has 1 aromatic heterocycles. The molecule has 0 saturated carbocycles. The van der Waals surface area contributed by atoms with Gasteiger partial charge >= 0.3 is 0 Å². The summed E-state index contributed by atoms with van der Waals surface area (Å²) in [7, 11) is -3.29. The maximum Gasteiger partial charge on any atom is 0.175 e. The van der Waals surface area contributed by atoms with Crippen LogP contribution in [0.1, 0.15) is 5.56 Å². The van der Waals surface area contributed by atoms with Crippen LogP contribution < -0.4 is 0 Å². The van der Waals surface area contributed by atoms with Crippen molar-refractivity contribution in [2.75, 3.05) is 6.26 Å². The summed E-state index contributed by atoms with van der Waals surface area (Å²) < 4.78 is 25.7. The van der Waals surface area contributed by atoms with Crippen molar-refractivity contribution in [2.45, 2.75) is 11.8 Å². The van der Waals surface area contributed by atoms with E-state index >= 15 is 0 Å². The van der Waals surface area contributed by atoms with Crippen LogP contribution in [0.3, 0.4) is 0 Å². The second-order valence-corrected chi connectivity index (χ2v) is 9.83. The largest absolute Gasteiger partial charge is 0.298 e. The highest BCUT2D eigenvalue weighted by molar-refractivity contribution is 7.90. The number of sulfone groups is 1. The molecule has 0 spiro atoms. The smallest absolute Gasteiger partial charge is 0.175 e. The van der Waals surface area contributed by atoms with E-state index in [9.17, 15) is 8.42 Å². The van der Waals surface area contributed by atoms with Gasteiger partial charge in [0.05, 0.1) is 15.6 Å². The number of nitrogens with zero attached hydrogens (tertiary/aromatic N) is 2. The molecule has 4 rings (SSSR count). The van der Waals surface area contributed by atoms with Gasteiger partial charge in [-0.3, -0.25) is 4.57 Å². The Balaban J connectivity index is 1.78. The van der Waals surface area contributed by atoms with Crippen LogP contribution in [0.2, 0.25) is 10.0 Å². The average Bonchev–Trinajstić information content (AvgIpc) is 3.18. The first-order chi connectivity index (χ1) is 14.3. The predicted octanol–water partition coefficient (Wildman–Crippen LogP) is 6.23. The zero-order valence-electron chi connectivity index (χ0n) is 16.3. The Labute approximate surface area is 185 Å². The zero-order valence-corrected chi connectivity index (χ0v) is 18.6. The molecule has 152 valence electrons. The van der Waals surface area contributed by atoms with Gasteiger partial charge in [0.1, 0.15) is 5.82 Å². The Morgan fingerprint density at radius 3 is 2.37 bits per heavy atom. The first-order valence-corrected chi connectivity index (χ1v) is 11.8. The average molecular weight is 457 g/mol. The number of hydrogen-bond acceptors (Lipinski definition) is 3. The monoisotopic (exact) mass is 456 g/mol. The van der Waals surface area contributed by atoms with E-state index in [0.29, 0.717) is 10.0 Å². The van der Waals surface area contributed by atoms with Gasteiger partial charge in [-0.25, -0.2) is 13.4 Å². The summed E-state index contributed by atoms with van der Waals surface area (Å²) >= 11 is 12.9. The molecule has 0 atom stereocenters. The van der Waals surface area contributed by atoms with Crippen molar-refractivity contribution < 1.29 is 8.42 Å². The van der Waals surface area contributed by atoms with E-state index in [1.165, 1.54) is 6.26 Å². The van der Waals surface area contributed by atoms with Crippen molar-refractivity contribution in [1.29, 1.82) is 0 Å². The third kappa shape index (κ3) is 3.88. The van der Waals surface area contributed by atoms with E-state index in [1.54, 1.807) is 24.4 Å². The molecule has 0 unspecified atom stereocenters. The molecule has 1 heterocycles. The zero-order chi connectivity index (χ0) is 21.5. The molecule has 0 aliphatic heterocycles. The van der Waals surface area contributed by atoms with Crippen molar-refractivity contribution in [2.24, 2.45) is 0 Å². The molecular formula is C23H18Cl2N2O2S. The molecule has 0 aliphatic rings. The Kier molecular flexibility index (Phi) is 5.45. The summed E-state index contributed by atoms with van der Waals surface area (Å²) in [5, 5.41) is 1.20. The Hall–Kier alpha value is -2.60. The van der Waals surface area contributed by atoms with E-state index in [0.717, 1.165) is 33.8 Å². The minimum absolute atomic E-state index is 0.272. The summed E-state index contributed by atoms with van der Waals surface area (Å²) in [6.45, 7) is 1.95. The van der Waals surface area contributed by atoms with Gasteiger partial charge < -0.3 is 0 Å². The van der Waals surface area contributed by atoms with Gasteiger partial charge in [-0.2, -0.15) is 0 Å². The molecule has 0 aliphatic carbocycles. The number of aromatic nitrogens is 2. The van der Waals surface area contributed by atoms with E-state index < -0.39 is 9.84 Å². The molecule has 4 aromatic rings. The van der Waals surface area contributed by atoms with Crippen LogP contribution in [-0.4, -0.2) is 24.2 Å². The number of benzene rings is 3. The van der Waals surface area contributed by atoms with Crippen molar-refractivity contribution in [1.82, 2.24) is 9.55 Å². The third-order valence-corrected chi connectivity index (χ3v) is 6.77. The Bertz CT molecular complexity index is 1360. The van der Waals surface area contributed by atoms with Crippen LogP contribution in [0.15, 0.2) is 78.0 Å². The lowest BCUT2D eigenvalue weighted by Gasteiger charge is -2.13. The maximum atomic E-state index is 11.9. The highest BCUT2D eigenvalue weighted by atomic mass is 35.5. The highest BCUT2D eigenvalue weighted by Gasteiger charge is 2.15. The van der Waals surface area contributed by atoms with Gasteiger partial charge in [0.25, 0.3) is 0 Å². The highest BCUT2D eigenvalue weighted by Crippen LogP contribution is 2.33. The summed E-state index contributed by atoms with van der Waals surface area (Å²) in [5.74, 6) is 0.740. The topological polar surface area (TPSA) is 52.0 Å². The molecule has 3 aromatic carbocycles. The molecular weight excluding hydrogens is 439 g/mol. The second kappa shape index (κ2) is 7.91. The fraction of sp³-hybridized carbons (Fsp3) is 0.0870. The van der Waals surface area contributed by atoms with Gasteiger partial charge in [-0.1, -0.05) is 53.5 Å². The molecule has 0 bridgehead atoms. The molecule has 7 heteroatoms. The lowest BCUT2D eigenvalue weighted by Crippen LogP contribution is -1.99. The number of halogens is 2. The van der Waals surface area contributed by atoms with Crippen LogP contribution in [0.4, 0.5) is 0 Å². The van der Waals surface area contributed by atoms with Crippen LogP contribution in [-0.2, 0) is 9.84 Å². The van der Waals surface area contributed by atoms with E-state index in [2.05, 4.69) is 4.98 Å². The normalized spacial score (nSPS) is 11.6. The predicted molar refractivity (Wildman–Crippen MR) is 122 cm³/mol. The van der Waals surface area contributed by atoms with E-state index in [4.69, 9.17) is 23.2 Å². The number of imidazole rings is 1. The molecule has 30 heavy (non-hydrogen) atoms. The van der Waals surface area contributed by atoms with Crippen LogP contribution >= 0.6 is 23.2 Å². The lowest BCUT2D eigenvalue weighted by atomic mass is 10.0. The quantitative estimate of drug-likeness (QED) is 0.365. The standard InChI is InChI=1S/C23H18Cl2N2O2S/c1-15-19(7-4-8-20(15)24)23-26-11-12-27(23)22-10-9-17(14-21(22)25)16-5-3-6-18(13-16)30(2,28)29/h3-14H,1-2H3. The van der Waals surface area contributed by atoms with Gasteiger partial charge in [-0.05, 0) is 53.9 Å². The van der Waals surface area contributed by atoms with Gasteiger partial charge in [0.2, 0.25) is 0 Å². The first kappa shape index (κ1) is 20.7. The van der Waals surface area contributed by atoms with Crippen molar-refractivity contribution in [3.63, 3.8) is 0 Å². The minimum atomic E-state index is -3.29. The minimum Gasteiger partial charge on any atom is -0.298 e. The first-order valence-electron chi connectivity index (χ1n) is 9.15. The van der Waals surface area contributed by atoms with E-state index in [-0.39, 0.29) is 4.90 Å². The third-order valence-electron chi connectivity index (χ3n) is 4.95. The van der Waals surface area contributed by atoms with Crippen LogP contribution in [0.25, 0.3) is 28.2 Å². The molecule has 0 N–H and O–H groups in total. The molecule has 0 fully saturated rings. The van der Waals surface area contributed by atoms with E-state index in [1.807, 2.05) is 60.2 Å². The molecule has 4 nitrogen and oxygen atoms in total. The lowest BCUT2D eigenvalue weighted by molar-refractivity contribution is 0.602. The van der Waals surface area contributed by atoms with Gasteiger partial charge in [-0.15, -0.1) is 0 Å². The fourth-order valence-electron chi connectivity index (χ4n) is 3.33. The van der Waals surface area contributed by atoms with Gasteiger partial charge in [0, 0.05) is 29.2 Å². The molecule has 0 saturated heterocycles. The summed E-state index contributed by atoms with van der Waals surface area (Å²) in [4.78, 5) is 4.78. The summed E-state index contributed by atoms with van der Waals surface area (Å²) in [6.07, 6.45) is 4.76. The van der Waals surface area contributed by atoms with Crippen molar-refractivity contribution >= 4 is 33.0 Å². The fourth-order valence-corrected chi connectivity index (χ4v) is 4.45. The SMILES string of the molecule is Cc1c(Cl)cccc1-c1nccn1-c1ccc(-c2cccc(S(C)(=O)=O)c2)cc1Cl. The van der Waals surface area contributed by atoms with Crippen LogP contribution in [0.5, 0.6) is 0 Å². The number of rotatable bonds is 4. The van der Waals surface area contributed by atoms with Crippen LogP contribution in [0, 0.1) is 6.92 Å².